The molecule has 0 bridgehead atoms. The summed E-state index contributed by atoms with van der Waals surface area (Å²) in [4.78, 5) is 12.1. The highest BCUT2D eigenvalue weighted by atomic mass is 16.5. The molecule has 4 nitrogen and oxygen atoms in total. The third kappa shape index (κ3) is 4.33. The van der Waals surface area contributed by atoms with E-state index in [1.54, 1.807) is 31.4 Å². The third-order valence-corrected chi connectivity index (χ3v) is 3.23. The molecule has 21 heavy (non-hydrogen) atoms. The summed E-state index contributed by atoms with van der Waals surface area (Å²) in [6, 6.07) is 16.3. The molecule has 0 aliphatic rings. The van der Waals surface area contributed by atoms with Crippen LogP contribution in [-0.4, -0.2) is 30.8 Å². The lowest BCUT2D eigenvalue weighted by Gasteiger charge is -2.16. The number of nitrogens with one attached hydrogen (secondary N) is 1. The molecule has 2 aromatic carbocycles. The lowest BCUT2D eigenvalue weighted by atomic mass is 10.1. The Morgan fingerprint density at radius 1 is 1.14 bits per heavy atom. The van der Waals surface area contributed by atoms with E-state index in [1.165, 1.54) is 0 Å². The number of hydrogen-bond donors (Lipinski definition) is 2. The summed E-state index contributed by atoms with van der Waals surface area (Å²) in [5, 5.41) is 12.3. The second kappa shape index (κ2) is 7.45. The van der Waals surface area contributed by atoms with Gasteiger partial charge in [-0.1, -0.05) is 30.3 Å². The van der Waals surface area contributed by atoms with Crippen LogP contribution in [0.15, 0.2) is 54.6 Å². The van der Waals surface area contributed by atoms with Gasteiger partial charge in [-0.3, -0.25) is 4.79 Å². The average Bonchev–Trinajstić information content (AvgIpc) is 2.55. The van der Waals surface area contributed by atoms with E-state index in [0.29, 0.717) is 17.7 Å². The summed E-state index contributed by atoms with van der Waals surface area (Å²) in [6.45, 7) is -0.100. The second-order valence-corrected chi connectivity index (χ2v) is 4.77. The molecule has 0 aliphatic carbocycles. The average molecular weight is 285 g/mol. The zero-order valence-corrected chi connectivity index (χ0v) is 12.0. The lowest BCUT2D eigenvalue weighted by Crippen LogP contribution is -2.39. The van der Waals surface area contributed by atoms with Crippen LogP contribution >= 0.6 is 0 Å². The molecule has 2 N–H and O–H groups in total. The topological polar surface area (TPSA) is 58.6 Å². The Hall–Kier alpha value is -2.33. The molecule has 0 unspecified atom stereocenters. The molecule has 2 aromatic rings. The first-order valence-corrected chi connectivity index (χ1v) is 6.82. The molecule has 0 aliphatic heterocycles. The predicted molar refractivity (Wildman–Crippen MR) is 81.5 cm³/mol. The summed E-state index contributed by atoms with van der Waals surface area (Å²) in [5.74, 6) is 0.502. The van der Waals surface area contributed by atoms with E-state index in [0.717, 1.165) is 5.56 Å². The molecule has 0 radical (unpaired) electrons. The minimum Gasteiger partial charge on any atom is -0.497 e. The Labute approximate surface area is 124 Å². The van der Waals surface area contributed by atoms with Gasteiger partial charge in [0.1, 0.15) is 5.75 Å². The molecule has 0 spiro atoms. The van der Waals surface area contributed by atoms with Crippen LogP contribution < -0.4 is 10.1 Å². The normalized spacial score (nSPS) is 11.7. The number of rotatable bonds is 6. The molecule has 4 heteroatoms. The minimum atomic E-state index is -0.304. The van der Waals surface area contributed by atoms with Crippen molar-refractivity contribution < 1.29 is 14.6 Å². The molecule has 0 heterocycles. The van der Waals surface area contributed by atoms with Crippen LogP contribution in [0.3, 0.4) is 0 Å². The summed E-state index contributed by atoms with van der Waals surface area (Å²) in [7, 11) is 1.58. The fraction of sp³-hybridized carbons (Fsp3) is 0.235. The van der Waals surface area contributed by atoms with E-state index >= 15 is 0 Å². The largest absolute Gasteiger partial charge is 0.497 e. The molecule has 0 fully saturated rings. The third-order valence-electron chi connectivity index (χ3n) is 3.23. The maximum absolute atomic E-state index is 12.1. The van der Waals surface area contributed by atoms with Crippen LogP contribution in [0.1, 0.15) is 15.9 Å². The number of carbonyl (C=O) groups excluding carboxylic acids is 1. The minimum absolute atomic E-state index is 0.100. The van der Waals surface area contributed by atoms with Crippen molar-refractivity contribution in [2.45, 2.75) is 12.5 Å². The van der Waals surface area contributed by atoms with Gasteiger partial charge in [-0.25, -0.2) is 0 Å². The number of aliphatic hydroxyl groups excluding tert-OH is 1. The van der Waals surface area contributed by atoms with Gasteiger partial charge < -0.3 is 15.2 Å². The van der Waals surface area contributed by atoms with Crippen LogP contribution in [-0.2, 0) is 6.42 Å². The number of benzene rings is 2. The number of amides is 1. The van der Waals surface area contributed by atoms with Gasteiger partial charge in [0, 0.05) is 5.56 Å². The molecule has 0 aromatic heterocycles. The quantitative estimate of drug-likeness (QED) is 0.854. The molecule has 0 saturated carbocycles. The van der Waals surface area contributed by atoms with Crippen LogP contribution in [0.2, 0.25) is 0 Å². The zero-order valence-electron chi connectivity index (χ0n) is 12.0. The number of carbonyl (C=O) groups is 1. The van der Waals surface area contributed by atoms with Crippen molar-refractivity contribution in [3.63, 3.8) is 0 Å². The Morgan fingerprint density at radius 3 is 2.38 bits per heavy atom. The van der Waals surface area contributed by atoms with Gasteiger partial charge >= 0.3 is 0 Å². The van der Waals surface area contributed by atoms with Crippen molar-refractivity contribution in [3.8, 4) is 5.75 Å². The maximum Gasteiger partial charge on any atom is 0.251 e. The fourth-order valence-corrected chi connectivity index (χ4v) is 2.07. The van der Waals surface area contributed by atoms with Gasteiger partial charge in [-0.15, -0.1) is 0 Å². The molecule has 110 valence electrons. The van der Waals surface area contributed by atoms with Crippen molar-refractivity contribution in [2.75, 3.05) is 13.7 Å². The summed E-state index contributed by atoms with van der Waals surface area (Å²) < 4.78 is 5.06. The molecule has 1 atom stereocenters. The molecular formula is C17H19NO3. The van der Waals surface area contributed by atoms with Gasteiger partial charge in [0.05, 0.1) is 19.8 Å². The zero-order chi connectivity index (χ0) is 15.1. The van der Waals surface area contributed by atoms with Crippen molar-refractivity contribution >= 4 is 5.91 Å². The molecular weight excluding hydrogens is 266 g/mol. The fourth-order valence-electron chi connectivity index (χ4n) is 2.07. The van der Waals surface area contributed by atoms with E-state index in [4.69, 9.17) is 4.74 Å². The first-order chi connectivity index (χ1) is 10.2. The van der Waals surface area contributed by atoms with E-state index < -0.39 is 0 Å². The monoisotopic (exact) mass is 285 g/mol. The highest BCUT2D eigenvalue weighted by molar-refractivity contribution is 5.94. The summed E-state index contributed by atoms with van der Waals surface area (Å²) >= 11 is 0. The SMILES string of the molecule is COc1ccc(C(=O)N[C@@H](CO)Cc2ccccc2)cc1. The highest BCUT2D eigenvalue weighted by Crippen LogP contribution is 2.11. The van der Waals surface area contributed by atoms with Crippen molar-refractivity contribution in [1.29, 1.82) is 0 Å². The van der Waals surface area contributed by atoms with Gasteiger partial charge in [0.25, 0.3) is 5.91 Å². The standard InChI is InChI=1S/C17H19NO3/c1-21-16-9-7-14(8-10-16)17(20)18-15(12-19)11-13-5-3-2-4-6-13/h2-10,15,19H,11-12H2,1H3,(H,18,20)/t15-/m1/s1. The molecule has 1 amide bonds. The summed E-state index contributed by atoms with van der Waals surface area (Å²) in [5.41, 5.74) is 1.62. The smallest absolute Gasteiger partial charge is 0.251 e. The molecule has 2 rings (SSSR count). The predicted octanol–water partition coefficient (Wildman–Crippen LogP) is 2.03. The van der Waals surface area contributed by atoms with E-state index in [9.17, 15) is 9.90 Å². The van der Waals surface area contributed by atoms with E-state index in [2.05, 4.69) is 5.32 Å². The van der Waals surface area contributed by atoms with E-state index in [-0.39, 0.29) is 18.6 Å². The van der Waals surface area contributed by atoms with Gasteiger partial charge in [-0.2, -0.15) is 0 Å². The highest BCUT2D eigenvalue weighted by Gasteiger charge is 2.13. The molecule has 0 saturated heterocycles. The van der Waals surface area contributed by atoms with Crippen LogP contribution in [0.25, 0.3) is 0 Å². The Bertz CT molecular complexity index is 566. The lowest BCUT2D eigenvalue weighted by molar-refractivity contribution is 0.0916. The van der Waals surface area contributed by atoms with Crippen LogP contribution in [0, 0.1) is 0 Å². The first kappa shape index (κ1) is 15.1. The van der Waals surface area contributed by atoms with Crippen molar-refractivity contribution in [3.05, 3.63) is 65.7 Å². The Kier molecular flexibility index (Phi) is 5.35. The second-order valence-electron chi connectivity index (χ2n) is 4.77. The Morgan fingerprint density at radius 2 is 1.81 bits per heavy atom. The Balaban J connectivity index is 1.98. The van der Waals surface area contributed by atoms with Crippen LogP contribution in [0.4, 0.5) is 0 Å². The number of aliphatic hydroxyl groups is 1. The number of methoxy groups -OCH3 is 1. The van der Waals surface area contributed by atoms with Crippen LogP contribution in [0.5, 0.6) is 5.75 Å². The van der Waals surface area contributed by atoms with Gasteiger partial charge in [0.15, 0.2) is 0 Å². The summed E-state index contributed by atoms with van der Waals surface area (Å²) in [6.07, 6.45) is 0.596. The van der Waals surface area contributed by atoms with Gasteiger partial charge in [0.2, 0.25) is 0 Å². The first-order valence-electron chi connectivity index (χ1n) is 6.82. The number of ether oxygens (including phenoxy) is 1. The van der Waals surface area contributed by atoms with Gasteiger partial charge in [-0.05, 0) is 36.2 Å². The van der Waals surface area contributed by atoms with E-state index in [1.807, 2.05) is 30.3 Å². The number of hydrogen-bond acceptors (Lipinski definition) is 3. The van der Waals surface area contributed by atoms with Crippen molar-refractivity contribution in [1.82, 2.24) is 5.32 Å². The maximum atomic E-state index is 12.1. The van der Waals surface area contributed by atoms with Crippen molar-refractivity contribution in [2.24, 2.45) is 0 Å².